The Kier molecular flexibility index (Phi) is 43.4. The van der Waals surface area contributed by atoms with Crippen molar-refractivity contribution in [2.45, 2.75) is 171 Å². The maximum absolute atomic E-state index is 14.8. The number of rotatable bonds is 50. The van der Waals surface area contributed by atoms with E-state index in [4.69, 9.17) is 78.3 Å². The number of amides is 9. The molecule has 36 N–H and O–H groups in total. The predicted molar refractivity (Wildman–Crippen MR) is 413 cm³/mol. The van der Waals surface area contributed by atoms with Gasteiger partial charge in [-0.15, -0.1) is 0 Å². The molecular weight excluding hydrogens is 1760 g/mol. The Labute approximate surface area is 634 Å². The number of fused-ring (bicyclic) bond motifs is 1. The van der Waals surface area contributed by atoms with Gasteiger partial charge in [0.2, 0.25) is 53.2 Å². The van der Waals surface area contributed by atoms with Crippen LogP contribution >= 0.6 is 90.4 Å². The molecule has 0 aliphatic rings. The molecular formula is C57H100I4N30O9. The van der Waals surface area contributed by atoms with Crippen LogP contribution < -0.4 is 120 Å². The van der Waals surface area contributed by atoms with Crippen molar-refractivity contribution in [2.75, 3.05) is 52.4 Å². The summed E-state index contributed by atoms with van der Waals surface area (Å²) in [6, 6.07) is -9.60. The highest BCUT2D eigenvalue weighted by molar-refractivity contribution is 14.1. The Bertz CT molecular complexity index is 3130. The van der Waals surface area contributed by atoms with Crippen molar-refractivity contribution >= 4 is 190 Å². The number of carbonyl (C=O) groups is 9. The molecule has 2 aromatic rings. The second-order valence-corrected chi connectivity index (χ2v) is 27.4. The van der Waals surface area contributed by atoms with Crippen LogP contribution in [0.4, 0.5) is 0 Å². The van der Waals surface area contributed by atoms with E-state index in [1.807, 2.05) is 4.57 Å². The summed E-state index contributed by atoms with van der Waals surface area (Å²) in [6.45, 7) is 1.13. The molecule has 0 fully saturated rings. The number of halogens is 4. The summed E-state index contributed by atoms with van der Waals surface area (Å²) in [5.74, 6) is -9.00. The number of benzene rings is 1. The smallest absolute Gasteiger partial charge is 0.243 e. The molecule has 1 aromatic carbocycles. The first-order valence-electron chi connectivity index (χ1n) is 32.4. The van der Waals surface area contributed by atoms with Crippen molar-refractivity contribution in [3.05, 3.63) is 20.6 Å². The zero-order valence-corrected chi connectivity index (χ0v) is 64.2. The van der Waals surface area contributed by atoms with E-state index in [2.05, 4.69) is 170 Å². The molecule has 0 radical (unpaired) electrons. The van der Waals surface area contributed by atoms with Gasteiger partial charge in [-0.1, -0.05) is 6.42 Å². The van der Waals surface area contributed by atoms with Crippen molar-refractivity contribution < 1.29 is 43.2 Å². The number of nitrogens with two attached hydrogens (primary N) is 8. The zero-order valence-electron chi connectivity index (χ0n) is 55.6. The van der Waals surface area contributed by atoms with E-state index in [1.54, 1.807) is 6.33 Å². The van der Waals surface area contributed by atoms with Crippen LogP contribution in [-0.4, -0.2) is 193 Å². The van der Waals surface area contributed by atoms with Crippen molar-refractivity contribution in [1.82, 2.24) is 84.0 Å². The third-order valence-electron chi connectivity index (χ3n) is 14.9. The lowest BCUT2D eigenvalue weighted by atomic mass is 10.0. The lowest BCUT2D eigenvalue weighted by Crippen LogP contribution is -2.60. The first-order valence-corrected chi connectivity index (χ1v) is 36.7. The van der Waals surface area contributed by atoms with Crippen molar-refractivity contribution in [2.24, 2.45) is 45.9 Å². The summed E-state index contributed by atoms with van der Waals surface area (Å²) in [4.78, 5) is 131. The van der Waals surface area contributed by atoms with Gasteiger partial charge >= 0.3 is 0 Å². The summed E-state index contributed by atoms with van der Waals surface area (Å²) in [5, 5.41) is 83.3. The molecule has 2 rings (SSSR count). The summed E-state index contributed by atoms with van der Waals surface area (Å²) in [6.07, 6.45) is 4.33. The van der Waals surface area contributed by atoms with Gasteiger partial charge in [-0.3, -0.25) is 75.6 Å². The number of hydrogen-bond acceptors (Lipinski definition) is 17. The number of guanidine groups is 6. The zero-order chi connectivity index (χ0) is 74.9. The lowest BCUT2D eigenvalue weighted by molar-refractivity contribution is -0.136. The predicted octanol–water partition coefficient (Wildman–Crippen LogP) is -4.28. The highest BCUT2D eigenvalue weighted by Crippen LogP contribution is 2.34. The molecule has 1 heterocycles. The van der Waals surface area contributed by atoms with Crippen LogP contribution in [0.25, 0.3) is 11.0 Å². The number of unbranched alkanes of at least 4 members (excludes halogenated alkanes) is 3. The number of imidazole rings is 1. The first-order chi connectivity index (χ1) is 47.4. The Morgan fingerprint density at radius 3 is 0.980 bits per heavy atom. The van der Waals surface area contributed by atoms with E-state index in [-0.39, 0.29) is 165 Å². The minimum atomic E-state index is -1.50. The number of primary amides is 1. The minimum Gasteiger partial charge on any atom is -0.370 e. The Morgan fingerprint density at radius 2 is 0.660 bits per heavy atom. The van der Waals surface area contributed by atoms with E-state index in [9.17, 15) is 43.2 Å². The fourth-order valence-corrected chi connectivity index (χ4v) is 13.4. The van der Waals surface area contributed by atoms with E-state index in [1.165, 1.54) is 0 Å². The minimum absolute atomic E-state index is 0.00743. The fraction of sp³-hybridized carbons (Fsp3) is 0.614. The topological polar surface area (TPSA) is 691 Å². The fourth-order valence-electron chi connectivity index (χ4n) is 9.79. The summed E-state index contributed by atoms with van der Waals surface area (Å²) < 4.78 is 5.97. The number of nitrogens with one attached hydrogen (secondary N) is 20. The van der Waals surface area contributed by atoms with Crippen molar-refractivity contribution in [3.8, 4) is 0 Å². The highest BCUT2D eigenvalue weighted by atomic mass is 127. The Morgan fingerprint density at radius 1 is 0.360 bits per heavy atom. The monoisotopic (exact) mass is 1860 g/mol. The molecule has 9 amide bonds. The highest BCUT2D eigenvalue weighted by Gasteiger charge is 2.34. The normalized spacial score (nSPS) is 13.0. The molecule has 0 spiro atoms. The standard InChI is InChI=1S/C57H100I4N30O9/c58-39-40(59)42(61)44-43(41(39)60)83-29-91(44)28-38(93)76-21-5-1-2-19-37(92)84-31(13-6-22-77-52(64)65)46(95)86-33(15-8-24-79-54(68)69)48(97)88-35(17-10-26-81-56(72)73)50(99)90-36(18-11-27-82-57(74)75)51(100)89-34(16-9-25-80-55(70)71)49(98)87-32(14-7-23-78-53(66)67)47(96)85-30(45(63)94)12-3-4-20-62/h29-36H,1-28,62H2,(H2,63,94)(H,76,93)(H,84,92)(H,85,96)(H,86,95)(H,87,98)(H,88,97)(H,89,100)(H,90,99)(H4,64,65,77)(H4,66,67,78)(H4,68,69,79)(H4,70,71,80)(H4,72,73,81)(H4,74,75,82)/t30-,31-,32?,33?,34-,35-,36?/m1/s1. The van der Waals surface area contributed by atoms with Crippen LogP contribution in [0.2, 0.25) is 0 Å². The number of carbonyl (C=O) groups excluding carboxylic acids is 9. The Hall–Kier alpha value is -7.58. The largest absolute Gasteiger partial charge is 0.370 e. The molecule has 43 heteroatoms. The van der Waals surface area contributed by atoms with Gasteiger partial charge < -0.3 is 125 Å². The second-order valence-electron chi connectivity index (χ2n) is 23.1. The molecule has 3 unspecified atom stereocenters. The van der Waals surface area contributed by atoms with Crippen LogP contribution in [0.15, 0.2) is 6.33 Å². The lowest BCUT2D eigenvalue weighted by Gasteiger charge is -2.28. The first kappa shape index (κ1) is 88.5. The van der Waals surface area contributed by atoms with Gasteiger partial charge in [-0.2, -0.15) is 0 Å². The molecule has 0 aliphatic carbocycles. The molecule has 0 saturated heterocycles. The van der Waals surface area contributed by atoms with Gasteiger partial charge in [-0.05, 0) is 206 Å². The quantitative estimate of drug-likeness (QED) is 0.00744. The Balaban J connectivity index is 2.49. The van der Waals surface area contributed by atoms with Gasteiger partial charge in [0, 0.05) is 59.4 Å². The van der Waals surface area contributed by atoms with Gasteiger partial charge in [0.1, 0.15) is 54.4 Å². The molecule has 100 heavy (non-hydrogen) atoms. The van der Waals surface area contributed by atoms with Gasteiger partial charge in [-0.25, -0.2) is 4.98 Å². The summed E-state index contributed by atoms with van der Waals surface area (Å²) >= 11 is 9.08. The average molecular weight is 1860 g/mol. The van der Waals surface area contributed by atoms with E-state index in [0.717, 1.165) is 25.3 Å². The average Bonchev–Trinajstić information content (AvgIpc) is 1.57. The number of hydrogen-bond donors (Lipinski definition) is 28. The summed E-state index contributed by atoms with van der Waals surface area (Å²) in [5.41, 5.74) is 46.1. The third-order valence-corrected chi connectivity index (χ3v) is 22.2. The van der Waals surface area contributed by atoms with E-state index >= 15 is 0 Å². The van der Waals surface area contributed by atoms with Gasteiger partial charge in [0.15, 0.2) is 35.8 Å². The maximum Gasteiger partial charge on any atom is 0.243 e. The molecule has 39 nitrogen and oxygen atoms in total. The van der Waals surface area contributed by atoms with Crippen LogP contribution in [0, 0.1) is 46.7 Å². The van der Waals surface area contributed by atoms with E-state index < -0.39 is 101 Å². The third kappa shape index (κ3) is 36.2. The van der Waals surface area contributed by atoms with E-state index in [0.29, 0.717) is 45.2 Å². The van der Waals surface area contributed by atoms with Crippen LogP contribution in [0.3, 0.4) is 0 Å². The van der Waals surface area contributed by atoms with Crippen molar-refractivity contribution in [1.29, 1.82) is 32.5 Å². The molecule has 560 valence electrons. The number of nitrogens with zero attached hydrogens (tertiary/aromatic N) is 2. The second kappa shape index (κ2) is 49.1. The van der Waals surface area contributed by atoms with Crippen LogP contribution in [-0.2, 0) is 49.7 Å². The molecule has 1 aromatic heterocycles. The van der Waals surface area contributed by atoms with Gasteiger partial charge in [0.25, 0.3) is 0 Å². The number of aromatic nitrogens is 2. The molecule has 7 atom stereocenters. The van der Waals surface area contributed by atoms with Crippen LogP contribution in [0.5, 0.6) is 0 Å². The van der Waals surface area contributed by atoms with Crippen molar-refractivity contribution in [3.63, 3.8) is 0 Å². The molecule has 0 aliphatic heterocycles. The molecule has 0 bridgehead atoms. The molecule has 0 saturated carbocycles. The van der Waals surface area contributed by atoms with Crippen LogP contribution in [0.1, 0.15) is 122 Å². The SMILES string of the molecule is N=C(N)NCCCC(NC(=O)[C@@H](CCCNC(=N)N)NC(=O)CCCCCNC(=O)Cn1cnc2c(I)c(I)c(I)c(I)c21)C(=O)N[C@H](CCCNC(=N)N)C(=O)NC(CCCNC(=N)N)C(=O)N[C@H](CCCNC(=N)N)C(=O)NC(CCCNC(=N)N)C(=O)N[C@H](CCCCN)C(N)=O. The summed E-state index contributed by atoms with van der Waals surface area (Å²) in [7, 11) is 0. The maximum atomic E-state index is 14.8. The van der Waals surface area contributed by atoms with Gasteiger partial charge in [0.05, 0.1) is 19.0 Å².